The molecule has 6 heteroatoms. The van der Waals surface area contributed by atoms with Gasteiger partial charge in [-0.2, -0.15) is 0 Å². The summed E-state index contributed by atoms with van der Waals surface area (Å²) < 4.78 is 11.0. The molecule has 0 bridgehead atoms. The standard InChI is InChI=1S/C15H23ClN2O3/c1-5-18(6-2)14(19)10-21-15-11(9-17-3)7-12(16)8-13(15)20-4/h7-8,17H,5-6,9-10H2,1-4H3. The van der Waals surface area contributed by atoms with E-state index < -0.39 is 0 Å². The molecule has 1 rings (SSSR count). The number of benzene rings is 1. The molecule has 0 aliphatic carbocycles. The van der Waals surface area contributed by atoms with E-state index in [0.29, 0.717) is 36.2 Å². The number of amides is 1. The van der Waals surface area contributed by atoms with Crippen molar-refractivity contribution in [1.82, 2.24) is 10.2 Å². The third-order valence-electron chi connectivity index (χ3n) is 3.14. The molecule has 0 unspecified atom stereocenters. The van der Waals surface area contributed by atoms with Crippen LogP contribution in [-0.2, 0) is 11.3 Å². The van der Waals surface area contributed by atoms with E-state index in [1.807, 2.05) is 20.9 Å². The minimum atomic E-state index is -0.0487. The molecule has 118 valence electrons. The molecule has 0 fully saturated rings. The summed E-state index contributed by atoms with van der Waals surface area (Å²) in [6.07, 6.45) is 0. The maximum absolute atomic E-state index is 12.0. The van der Waals surface area contributed by atoms with Crippen LogP contribution in [0.2, 0.25) is 5.02 Å². The lowest BCUT2D eigenvalue weighted by molar-refractivity contribution is -0.133. The second-order valence-corrected chi connectivity index (χ2v) is 4.92. The highest BCUT2D eigenvalue weighted by molar-refractivity contribution is 6.30. The van der Waals surface area contributed by atoms with Gasteiger partial charge < -0.3 is 19.7 Å². The molecule has 0 spiro atoms. The lowest BCUT2D eigenvalue weighted by Gasteiger charge is -2.20. The summed E-state index contributed by atoms with van der Waals surface area (Å²) in [4.78, 5) is 13.8. The van der Waals surface area contributed by atoms with Gasteiger partial charge in [-0.3, -0.25) is 4.79 Å². The zero-order valence-corrected chi connectivity index (χ0v) is 13.8. The van der Waals surface area contributed by atoms with Crippen molar-refractivity contribution in [3.05, 3.63) is 22.7 Å². The van der Waals surface area contributed by atoms with E-state index in [2.05, 4.69) is 5.32 Å². The molecule has 1 aromatic rings. The molecular weight excluding hydrogens is 292 g/mol. The van der Waals surface area contributed by atoms with Crippen LogP contribution >= 0.6 is 11.6 Å². The smallest absolute Gasteiger partial charge is 0.260 e. The van der Waals surface area contributed by atoms with Crippen molar-refractivity contribution in [1.29, 1.82) is 0 Å². The fourth-order valence-electron chi connectivity index (χ4n) is 2.06. The molecule has 0 saturated carbocycles. The van der Waals surface area contributed by atoms with Gasteiger partial charge in [0.2, 0.25) is 0 Å². The number of carbonyl (C=O) groups is 1. The number of likely N-dealkylation sites (N-methyl/N-ethyl adjacent to an activating group) is 1. The zero-order chi connectivity index (χ0) is 15.8. The number of hydrogen-bond donors (Lipinski definition) is 1. The van der Waals surface area contributed by atoms with Crippen LogP contribution in [0.5, 0.6) is 11.5 Å². The highest BCUT2D eigenvalue weighted by atomic mass is 35.5. The Kier molecular flexibility index (Phi) is 7.32. The quantitative estimate of drug-likeness (QED) is 0.800. The van der Waals surface area contributed by atoms with Crippen LogP contribution < -0.4 is 14.8 Å². The molecule has 0 aliphatic heterocycles. The lowest BCUT2D eigenvalue weighted by Crippen LogP contribution is -2.34. The van der Waals surface area contributed by atoms with Gasteiger partial charge in [-0.25, -0.2) is 0 Å². The Labute approximate surface area is 131 Å². The van der Waals surface area contributed by atoms with Gasteiger partial charge in [0.05, 0.1) is 7.11 Å². The molecule has 1 amide bonds. The van der Waals surface area contributed by atoms with Gasteiger partial charge in [0, 0.05) is 36.3 Å². The molecule has 0 atom stereocenters. The molecule has 1 aromatic carbocycles. The summed E-state index contributed by atoms with van der Waals surface area (Å²) in [7, 11) is 3.38. The first-order valence-electron chi connectivity index (χ1n) is 6.98. The number of methoxy groups -OCH3 is 1. The van der Waals surface area contributed by atoms with Crippen LogP contribution in [0, 0.1) is 0 Å². The first kappa shape index (κ1) is 17.6. The fourth-order valence-corrected chi connectivity index (χ4v) is 2.29. The van der Waals surface area contributed by atoms with Crippen molar-refractivity contribution >= 4 is 17.5 Å². The normalized spacial score (nSPS) is 10.3. The molecule has 0 heterocycles. The molecule has 0 radical (unpaired) electrons. The third kappa shape index (κ3) is 4.79. The van der Waals surface area contributed by atoms with Crippen LogP contribution in [0.3, 0.4) is 0 Å². The summed E-state index contributed by atoms with van der Waals surface area (Å²) in [5.74, 6) is 1.03. The number of rotatable bonds is 8. The Balaban J connectivity index is 2.92. The van der Waals surface area contributed by atoms with Crippen LogP contribution in [-0.4, -0.2) is 44.7 Å². The predicted octanol–water partition coefficient (Wildman–Crippen LogP) is 2.32. The minimum Gasteiger partial charge on any atom is -0.493 e. The number of halogens is 1. The van der Waals surface area contributed by atoms with Gasteiger partial charge in [-0.1, -0.05) is 11.6 Å². The number of ether oxygens (including phenoxy) is 2. The summed E-state index contributed by atoms with van der Waals surface area (Å²) in [6.45, 7) is 5.77. The van der Waals surface area contributed by atoms with Crippen molar-refractivity contribution in [3.63, 3.8) is 0 Å². The van der Waals surface area contributed by atoms with E-state index in [-0.39, 0.29) is 12.5 Å². The fraction of sp³-hybridized carbons (Fsp3) is 0.533. The number of hydrogen-bond acceptors (Lipinski definition) is 4. The monoisotopic (exact) mass is 314 g/mol. The Morgan fingerprint density at radius 1 is 1.33 bits per heavy atom. The second-order valence-electron chi connectivity index (χ2n) is 4.48. The van der Waals surface area contributed by atoms with Crippen LogP contribution in [0.25, 0.3) is 0 Å². The molecule has 0 saturated heterocycles. The van der Waals surface area contributed by atoms with E-state index in [1.165, 1.54) is 0 Å². The maximum Gasteiger partial charge on any atom is 0.260 e. The molecular formula is C15H23ClN2O3. The highest BCUT2D eigenvalue weighted by Crippen LogP contribution is 2.34. The first-order valence-corrected chi connectivity index (χ1v) is 7.36. The summed E-state index contributed by atoms with van der Waals surface area (Å²) >= 11 is 6.06. The second kappa shape index (κ2) is 8.74. The Bertz CT molecular complexity index is 476. The zero-order valence-electron chi connectivity index (χ0n) is 13.0. The predicted molar refractivity (Wildman–Crippen MR) is 84.2 cm³/mol. The van der Waals surface area contributed by atoms with Crippen LogP contribution in [0.15, 0.2) is 12.1 Å². The molecule has 21 heavy (non-hydrogen) atoms. The van der Waals surface area contributed by atoms with Crippen molar-refractivity contribution in [2.75, 3.05) is 33.9 Å². The SMILES string of the molecule is CCN(CC)C(=O)COc1c(CNC)cc(Cl)cc1OC. The summed E-state index contributed by atoms with van der Waals surface area (Å²) in [6, 6.07) is 3.48. The topological polar surface area (TPSA) is 50.8 Å². The molecule has 1 N–H and O–H groups in total. The Morgan fingerprint density at radius 3 is 2.52 bits per heavy atom. The minimum absolute atomic E-state index is 0.0175. The Morgan fingerprint density at radius 2 is 2.00 bits per heavy atom. The van der Waals surface area contributed by atoms with Crippen molar-refractivity contribution in [3.8, 4) is 11.5 Å². The van der Waals surface area contributed by atoms with Crippen LogP contribution in [0.1, 0.15) is 19.4 Å². The average Bonchev–Trinajstić information content (AvgIpc) is 2.47. The van der Waals surface area contributed by atoms with E-state index in [4.69, 9.17) is 21.1 Å². The van der Waals surface area contributed by atoms with Crippen LogP contribution in [0.4, 0.5) is 0 Å². The van der Waals surface area contributed by atoms with Crippen molar-refractivity contribution in [2.45, 2.75) is 20.4 Å². The molecule has 5 nitrogen and oxygen atoms in total. The van der Waals surface area contributed by atoms with Crippen molar-refractivity contribution < 1.29 is 14.3 Å². The number of nitrogens with zero attached hydrogens (tertiary/aromatic N) is 1. The molecule has 0 aliphatic rings. The van der Waals surface area contributed by atoms with E-state index in [0.717, 1.165) is 5.56 Å². The van der Waals surface area contributed by atoms with Gasteiger partial charge in [-0.05, 0) is 27.0 Å². The number of carbonyl (C=O) groups excluding carboxylic acids is 1. The highest BCUT2D eigenvalue weighted by Gasteiger charge is 2.16. The van der Waals surface area contributed by atoms with Gasteiger partial charge in [-0.15, -0.1) is 0 Å². The summed E-state index contributed by atoms with van der Waals surface area (Å²) in [5, 5.41) is 3.62. The van der Waals surface area contributed by atoms with Gasteiger partial charge in [0.1, 0.15) is 0 Å². The lowest BCUT2D eigenvalue weighted by atomic mass is 10.2. The van der Waals surface area contributed by atoms with Crippen molar-refractivity contribution in [2.24, 2.45) is 0 Å². The molecule has 0 aromatic heterocycles. The third-order valence-corrected chi connectivity index (χ3v) is 3.36. The maximum atomic E-state index is 12.0. The van der Waals surface area contributed by atoms with E-state index in [1.54, 1.807) is 24.1 Å². The van der Waals surface area contributed by atoms with Gasteiger partial charge in [0.15, 0.2) is 18.1 Å². The van der Waals surface area contributed by atoms with Gasteiger partial charge in [0.25, 0.3) is 5.91 Å². The van der Waals surface area contributed by atoms with E-state index in [9.17, 15) is 4.79 Å². The summed E-state index contributed by atoms with van der Waals surface area (Å²) in [5.41, 5.74) is 0.856. The average molecular weight is 315 g/mol. The Hall–Kier alpha value is -1.46. The first-order chi connectivity index (χ1) is 10.1. The number of nitrogens with one attached hydrogen (secondary N) is 1. The largest absolute Gasteiger partial charge is 0.493 e. The van der Waals surface area contributed by atoms with E-state index >= 15 is 0 Å². The van der Waals surface area contributed by atoms with Gasteiger partial charge >= 0.3 is 0 Å².